The average Bonchev–Trinajstić information content (AvgIpc) is 2.03. The molecule has 11 heavy (non-hydrogen) atoms. The Bertz CT molecular complexity index is 172. The Labute approximate surface area is 70.0 Å². The number of allylic oxidation sites excluding steroid dienone is 1. The zero-order chi connectivity index (χ0) is 8.36. The third-order valence-corrected chi connectivity index (χ3v) is 1.34. The van der Waals surface area contributed by atoms with Gasteiger partial charge in [-0.05, 0) is 18.9 Å². The molecule has 0 saturated heterocycles. The molecule has 0 spiro atoms. The zero-order valence-corrected chi connectivity index (χ0v) is 7.32. The molecule has 0 nitrogen and oxygen atoms in total. The summed E-state index contributed by atoms with van der Waals surface area (Å²) in [5.41, 5.74) is 2.73. The van der Waals surface area contributed by atoms with Crippen LogP contribution in [0.2, 0.25) is 0 Å². The molecule has 0 aliphatic carbocycles. The van der Waals surface area contributed by atoms with Gasteiger partial charge in [0.25, 0.3) is 0 Å². The highest BCUT2D eigenvalue weighted by molar-refractivity contribution is 4.99. The van der Waals surface area contributed by atoms with Crippen molar-refractivity contribution in [3.05, 3.63) is 18.4 Å². The summed E-state index contributed by atoms with van der Waals surface area (Å²) >= 11 is 0. The van der Waals surface area contributed by atoms with Crippen LogP contribution in [0.5, 0.6) is 0 Å². The second-order valence-corrected chi connectivity index (χ2v) is 2.40. The van der Waals surface area contributed by atoms with Gasteiger partial charge in [0.05, 0.1) is 0 Å². The Hall–Kier alpha value is -0.920. The van der Waals surface area contributed by atoms with E-state index in [1.165, 1.54) is 12.8 Å². The Morgan fingerprint density at radius 1 is 1.27 bits per heavy atom. The van der Waals surface area contributed by atoms with Gasteiger partial charge in [-0.25, -0.2) is 0 Å². The molecule has 60 valence electrons. The molecule has 0 saturated carbocycles. The van der Waals surface area contributed by atoms with Gasteiger partial charge in [0.1, 0.15) is 0 Å². The molecule has 0 rings (SSSR count). The highest BCUT2D eigenvalue weighted by atomic mass is 13.8. The van der Waals surface area contributed by atoms with E-state index in [0.717, 1.165) is 19.3 Å². The average molecular weight is 148 g/mol. The second kappa shape index (κ2) is 9.08. The first kappa shape index (κ1) is 10.1. The predicted molar refractivity (Wildman–Crippen MR) is 50.2 cm³/mol. The molecule has 0 bridgehead atoms. The minimum absolute atomic E-state index is 0.951. The van der Waals surface area contributed by atoms with Gasteiger partial charge in [-0.3, -0.25) is 0 Å². The first-order valence-corrected chi connectivity index (χ1v) is 4.21. The standard InChI is InChI=1S/C11H16/c1-3-5-7-9-11-10-8-6-4-2/h5H,1,4,6-9H2,2H3. The molecule has 0 aliphatic heterocycles. The lowest BCUT2D eigenvalue weighted by atomic mass is 10.2. The highest BCUT2D eigenvalue weighted by Gasteiger charge is 1.76. The summed E-state index contributed by atoms with van der Waals surface area (Å²) in [4.78, 5) is 0. The van der Waals surface area contributed by atoms with Gasteiger partial charge < -0.3 is 0 Å². The van der Waals surface area contributed by atoms with E-state index >= 15 is 0 Å². The fourth-order valence-corrected chi connectivity index (χ4v) is 0.688. The molecule has 0 radical (unpaired) electrons. The van der Waals surface area contributed by atoms with E-state index < -0.39 is 0 Å². The van der Waals surface area contributed by atoms with Crippen molar-refractivity contribution in [3.8, 4) is 11.8 Å². The molecule has 0 aromatic heterocycles. The van der Waals surface area contributed by atoms with Crippen LogP contribution >= 0.6 is 0 Å². The number of unbranched alkanes of at least 4 members (excludes halogenated alkanes) is 3. The summed E-state index contributed by atoms with van der Waals surface area (Å²) in [5, 5.41) is 0. The molecule has 0 heteroatoms. The van der Waals surface area contributed by atoms with Crippen LogP contribution < -0.4 is 0 Å². The molecule has 0 heterocycles. The van der Waals surface area contributed by atoms with E-state index in [-0.39, 0.29) is 0 Å². The molecule has 0 atom stereocenters. The van der Waals surface area contributed by atoms with Crippen molar-refractivity contribution in [2.45, 2.75) is 39.0 Å². The molecular weight excluding hydrogens is 132 g/mol. The van der Waals surface area contributed by atoms with Gasteiger partial charge in [-0.2, -0.15) is 0 Å². The molecule has 0 aromatic rings. The molecule has 0 amide bonds. The minimum atomic E-state index is 0.951. The first-order valence-electron chi connectivity index (χ1n) is 4.21. The quantitative estimate of drug-likeness (QED) is 0.326. The molecule has 0 unspecified atom stereocenters. The van der Waals surface area contributed by atoms with Gasteiger partial charge in [0.15, 0.2) is 0 Å². The fraction of sp³-hybridized carbons (Fsp3) is 0.545. The van der Waals surface area contributed by atoms with Crippen LogP contribution in [0.15, 0.2) is 18.4 Å². The lowest BCUT2D eigenvalue weighted by molar-refractivity contribution is 0.827. The Kier molecular flexibility index (Phi) is 8.32. The van der Waals surface area contributed by atoms with Crippen molar-refractivity contribution in [1.29, 1.82) is 0 Å². The minimum Gasteiger partial charge on any atom is -0.133 e. The third kappa shape index (κ3) is 9.08. The number of hydrogen-bond acceptors (Lipinski definition) is 0. The number of rotatable bonds is 4. The maximum Gasteiger partial charge on any atom is 0.0129 e. The maximum atomic E-state index is 3.48. The molecule has 0 aromatic carbocycles. The van der Waals surface area contributed by atoms with Crippen LogP contribution in [0.25, 0.3) is 0 Å². The molecule has 0 fully saturated rings. The van der Waals surface area contributed by atoms with E-state index in [9.17, 15) is 0 Å². The van der Waals surface area contributed by atoms with Gasteiger partial charge in [0, 0.05) is 12.8 Å². The van der Waals surface area contributed by atoms with Crippen LogP contribution in [0.1, 0.15) is 39.0 Å². The monoisotopic (exact) mass is 148 g/mol. The number of hydrogen-bond donors (Lipinski definition) is 0. The summed E-state index contributed by atoms with van der Waals surface area (Å²) in [7, 11) is 0. The topological polar surface area (TPSA) is 0 Å². The Balaban J connectivity index is 3.18. The van der Waals surface area contributed by atoms with Crippen molar-refractivity contribution in [3.63, 3.8) is 0 Å². The third-order valence-electron chi connectivity index (χ3n) is 1.34. The SMILES string of the molecule is C=C=CCCC#CCCCC. The molecule has 0 aliphatic rings. The fourth-order valence-electron chi connectivity index (χ4n) is 0.688. The zero-order valence-electron chi connectivity index (χ0n) is 7.32. The van der Waals surface area contributed by atoms with Gasteiger partial charge in [-0.15, -0.1) is 17.6 Å². The van der Waals surface area contributed by atoms with E-state index in [4.69, 9.17) is 0 Å². The van der Waals surface area contributed by atoms with Crippen molar-refractivity contribution in [2.75, 3.05) is 0 Å². The Morgan fingerprint density at radius 3 is 2.64 bits per heavy atom. The molecular formula is C11H16. The molecule has 0 N–H and O–H groups in total. The summed E-state index contributed by atoms with van der Waals surface area (Å²) in [6.45, 7) is 5.66. The van der Waals surface area contributed by atoms with E-state index in [2.05, 4.69) is 31.1 Å². The van der Waals surface area contributed by atoms with E-state index in [0.29, 0.717) is 0 Å². The van der Waals surface area contributed by atoms with Crippen LogP contribution in [0.3, 0.4) is 0 Å². The summed E-state index contributed by atoms with van der Waals surface area (Å²) in [6, 6.07) is 0. The summed E-state index contributed by atoms with van der Waals surface area (Å²) in [6.07, 6.45) is 7.38. The maximum absolute atomic E-state index is 3.48. The van der Waals surface area contributed by atoms with Gasteiger partial charge in [-0.1, -0.05) is 19.9 Å². The van der Waals surface area contributed by atoms with E-state index in [1.54, 1.807) is 0 Å². The Morgan fingerprint density at radius 2 is 2.00 bits per heavy atom. The van der Waals surface area contributed by atoms with Crippen molar-refractivity contribution in [1.82, 2.24) is 0 Å². The van der Waals surface area contributed by atoms with Crippen LogP contribution in [0, 0.1) is 11.8 Å². The van der Waals surface area contributed by atoms with Crippen molar-refractivity contribution < 1.29 is 0 Å². The normalized spacial score (nSPS) is 7.73. The van der Waals surface area contributed by atoms with Gasteiger partial charge >= 0.3 is 0 Å². The summed E-state index contributed by atoms with van der Waals surface area (Å²) < 4.78 is 0. The van der Waals surface area contributed by atoms with Crippen molar-refractivity contribution in [2.24, 2.45) is 0 Å². The lowest BCUT2D eigenvalue weighted by Gasteiger charge is -1.83. The predicted octanol–water partition coefficient (Wildman–Crippen LogP) is 3.30. The van der Waals surface area contributed by atoms with Crippen LogP contribution in [-0.2, 0) is 0 Å². The largest absolute Gasteiger partial charge is 0.133 e. The van der Waals surface area contributed by atoms with Crippen LogP contribution in [0.4, 0.5) is 0 Å². The van der Waals surface area contributed by atoms with E-state index in [1.807, 2.05) is 6.08 Å². The van der Waals surface area contributed by atoms with Gasteiger partial charge in [0.2, 0.25) is 0 Å². The second-order valence-electron chi connectivity index (χ2n) is 2.40. The smallest absolute Gasteiger partial charge is 0.0129 e. The highest BCUT2D eigenvalue weighted by Crippen LogP contribution is 1.92. The van der Waals surface area contributed by atoms with Crippen LogP contribution in [-0.4, -0.2) is 0 Å². The first-order chi connectivity index (χ1) is 5.41. The summed E-state index contributed by atoms with van der Waals surface area (Å²) in [5.74, 6) is 6.23. The lowest BCUT2D eigenvalue weighted by Crippen LogP contribution is -1.68. The van der Waals surface area contributed by atoms with Crippen molar-refractivity contribution >= 4 is 0 Å².